The Hall–Kier alpha value is -0.990. The first-order chi connectivity index (χ1) is 27.5. The number of likely N-dealkylation sites (N-methyl/N-ethyl adjacent to an activating group) is 1. The Bertz CT molecular complexity index is 943. The fraction of sp³-hybridized carbons (Fsp3) is 0.957. The van der Waals surface area contributed by atoms with Crippen molar-refractivity contribution in [3.8, 4) is 0 Å². The Morgan fingerprint density at radius 3 is 1.12 bits per heavy atom. The summed E-state index contributed by atoms with van der Waals surface area (Å²) in [4.78, 5) is 37.5. The van der Waals surface area contributed by atoms with Gasteiger partial charge in [0.2, 0.25) is 0 Å². The van der Waals surface area contributed by atoms with Crippen molar-refractivity contribution in [1.82, 2.24) is 0 Å². The number of carbonyl (C=O) groups excluding carboxylic acids is 2. The highest BCUT2D eigenvalue weighted by molar-refractivity contribution is 7.45. The second-order valence-electron chi connectivity index (χ2n) is 17.8. The molecule has 2 unspecified atom stereocenters. The smallest absolute Gasteiger partial charge is 0.306 e. The molecule has 0 spiro atoms. The molecule has 0 fully saturated rings. The summed E-state index contributed by atoms with van der Waals surface area (Å²) in [6, 6.07) is 0. The highest BCUT2D eigenvalue weighted by Crippen LogP contribution is 2.38. The summed E-state index contributed by atoms with van der Waals surface area (Å²) in [5.41, 5.74) is 0. The summed E-state index contributed by atoms with van der Waals surface area (Å²) in [5, 5.41) is 0. The van der Waals surface area contributed by atoms with Gasteiger partial charge in [-0.3, -0.25) is 14.2 Å². The second-order valence-corrected chi connectivity index (χ2v) is 19.3. The zero-order valence-electron chi connectivity index (χ0n) is 38.3. The van der Waals surface area contributed by atoms with E-state index in [4.69, 9.17) is 18.5 Å². The average Bonchev–Trinajstić information content (AvgIpc) is 3.16. The number of carbonyl (C=O) groups is 2. The van der Waals surface area contributed by atoms with E-state index in [1.165, 1.54) is 173 Å². The second kappa shape index (κ2) is 40.4. The van der Waals surface area contributed by atoms with Crippen molar-refractivity contribution in [1.29, 1.82) is 0 Å². The number of esters is 2. The van der Waals surface area contributed by atoms with Crippen LogP contribution < -0.4 is 4.89 Å². The van der Waals surface area contributed by atoms with Crippen molar-refractivity contribution in [3.63, 3.8) is 0 Å². The maximum absolute atomic E-state index is 12.6. The van der Waals surface area contributed by atoms with Crippen LogP contribution >= 0.6 is 7.82 Å². The summed E-state index contributed by atoms with van der Waals surface area (Å²) in [5.74, 6) is -0.820. The third kappa shape index (κ3) is 44.4. The van der Waals surface area contributed by atoms with E-state index in [0.29, 0.717) is 17.4 Å². The molecule has 0 radical (unpaired) electrons. The maximum atomic E-state index is 12.6. The number of phosphoric acid groups is 1. The Balaban J connectivity index is 4.09. The minimum absolute atomic E-state index is 0.0258. The van der Waals surface area contributed by atoms with Crippen LogP contribution in [0.2, 0.25) is 0 Å². The van der Waals surface area contributed by atoms with Gasteiger partial charge >= 0.3 is 11.9 Å². The van der Waals surface area contributed by atoms with E-state index < -0.39 is 26.5 Å². The van der Waals surface area contributed by atoms with E-state index in [2.05, 4.69) is 13.8 Å². The van der Waals surface area contributed by atoms with E-state index in [1.807, 2.05) is 21.1 Å². The first-order valence-electron chi connectivity index (χ1n) is 24.2. The molecule has 0 aliphatic heterocycles. The Kier molecular flexibility index (Phi) is 39.7. The van der Waals surface area contributed by atoms with Crippen LogP contribution in [0.3, 0.4) is 0 Å². The molecule has 0 bridgehead atoms. The van der Waals surface area contributed by atoms with Gasteiger partial charge in [0.15, 0.2) is 6.10 Å². The van der Waals surface area contributed by atoms with Gasteiger partial charge < -0.3 is 27.9 Å². The lowest BCUT2D eigenvalue weighted by atomic mass is 10.0. The number of ether oxygens (including phenoxy) is 2. The van der Waals surface area contributed by atoms with Crippen LogP contribution in [0, 0.1) is 0 Å². The van der Waals surface area contributed by atoms with Gasteiger partial charge in [0.25, 0.3) is 7.82 Å². The molecular weight excluding hydrogens is 737 g/mol. The third-order valence-electron chi connectivity index (χ3n) is 10.9. The number of rotatable bonds is 45. The molecule has 0 aromatic carbocycles. The summed E-state index contributed by atoms with van der Waals surface area (Å²) in [6.07, 6.45) is 41.4. The number of quaternary nitrogens is 1. The van der Waals surface area contributed by atoms with Crippen molar-refractivity contribution >= 4 is 19.8 Å². The minimum atomic E-state index is -4.61. The molecule has 0 saturated carbocycles. The monoisotopic (exact) mass is 832 g/mol. The molecule has 2 atom stereocenters. The van der Waals surface area contributed by atoms with Gasteiger partial charge in [-0.1, -0.05) is 213 Å². The summed E-state index contributed by atoms with van der Waals surface area (Å²) >= 11 is 0. The highest BCUT2D eigenvalue weighted by atomic mass is 31.2. The quantitative estimate of drug-likeness (QED) is 0.0258. The van der Waals surface area contributed by atoms with E-state index in [-0.39, 0.29) is 32.0 Å². The lowest BCUT2D eigenvalue weighted by Gasteiger charge is -2.28. The first-order valence-corrected chi connectivity index (χ1v) is 25.7. The molecule has 0 saturated heterocycles. The van der Waals surface area contributed by atoms with Crippen LogP contribution in [0.1, 0.15) is 239 Å². The molecule has 0 aliphatic carbocycles. The average molecular weight is 832 g/mol. The third-order valence-corrected chi connectivity index (χ3v) is 11.8. The topological polar surface area (TPSA) is 111 Å². The maximum Gasteiger partial charge on any atom is 0.306 e. The van der Waals surface area contributed by atoms with Crippen molar-refractivity contribution in [2.75, 3.05) is 47.5 Å². The first kappa shape index (κ1) is 56.0. The van der Waals surface area contributed by atoms with Gasteiger partial charge in [0, 0.05) is 12.8 Å². The van der Waals surface area contributed by atoms with Crippen LogP contribution in [0.4, 0.5) is 0 Å². The van der Waals surface area contributed by atoms with E-state index in [0.717, 1.165) is 32.1 Å². The molecule has 0 N–H and O–H groups in total. The van der Waals surface area contributed by atoms with Crippen LogP contribution in [0.15, 0.2) is 0 Å². The standard InChI is InChI=1S/C47H94NO8P/c1-6-8-10-12-14-16-18-19-20-21-22-23-24-25-26-27-28-29-30-32-33-35-37-39-46(49)53-43-45(44-55-57(51,52)54-42-41-48(3,4)5)56-47(50)40-38-36-34-31-17-15-13-11-9-7-2/h45H,6-44H2,1-5H3. The van der Waals surface area contributed by atoms with Crippen LogP contribution in [0.25, 0.3) is 0 Å². The van der Waals surface area contributed by atoms with E-state index in [9.17, 15) is 19.0 Å². The van der Waals surface area contributed by atoms with Gasteiger partial charge in [-0.15, -0.1) is 0 Å². The summed E-state index contributed by atoms with van der Waals surface area (Å²) < 4.78 is 33.9. The predicted molar refractivity (Wildman–Crippen MR) is 236 cm³/mol. The molecule has 0 rings (SSSR count). The zero-order chi connectivity index (χ0) is 42.1. The molecule has 0 heterocycles. The zero-order valence-corrected chi connectivity index (χ0v) is 39.2. The van der Waals surface area contributed by atoms with Gasteiger partial charge in [-0.2, -0.15) is 0 Å². The minimum Gasteiger partial charge on any atom is -0.756 e. The summed E-state index contributed by atoms with van der Waals surface area (Å²) in [6.45, 7) is 4.25. The molecule has 0 amide bonds. The Morgan fingerprint density at radius 2 is 0.789 bits per heavy atom. The molecule has 0 aromatic rings. The van der Waals surface area contributed by atoms with Crippen molar-refractivity contribution in [2.24, 2.45) is 0 Å². The predicted octanol–water partition coefficient (Wildman–Crippen LogP) is 13.3. The van der Waals surface area contributed by atoms with Crippen LogP contribution in [-0.2, 0) is 32.7 Å². The lowest BCUT2D eigenvalue weighted by Crippen LogP contribution is -2.37. The van der Waals surface area contributed by atoms with Gasteiger partial charge in [-0.25, -0.2) is 0 Å². The largest absolute Gasteiger partial charge is 0.756 e. The van der Waals surface area contributed by atoms with Crippen molar-refractivity contribution in [2.45, 2.75) is 245 Å². The molecule has 0 aromatic heterocycles. The fourth-order valence-corrected chi connectivity index (χ4v) is 7.80. The fourth-order valence-electron chi connectivity index (χ4n) is 7.07. The van der Waals surface area contributed by atoms with Crippen molar-refractivity contribution < 1.29 is 42.1 Å². The molecular formula is C47H94NO8P. The lowest BCUT2D eigenvalue weighted by molar-refractivity contribution is -0.870. The van der Waals surface area contributed by atoms with Crippen molar-refractivity contribution in [3.05, 3.63) is 0 Å². The van der Waals surface area contributed by atoms with E-state index >= 15 is 0 Å². The number of hydrogen-bond donors (Lipinski definition) is 0. The molecule has 0 aliphatic rings. The Labute approximate surface area is 353 Å². The SMILES string of the molecule is CCCCCCCCCCCCCCCCCCCCCCCCCC(=O)OCC(COP(=O)([O-])OCC[N+](C)(C)C)OC(=O)CCCCCCCCCCCC. The van der Waals surface area contributed by atoms with Gasteiger partial charge in [0.05, 0.1) is 27.7 Å². The van der Waals surface area contributed by atoms with Crippen LogP contribution in [0.5, 0.6) is 0 Å². The summed E-state index contributed by atoms with van der Waals surface area (Å²) in [7, 11) is 1.18. The van der Waals surface area contributed by atoms with Gasteiger partial charge in [-0.05, 0) is 12.8 Å². The van der Waals surface area contributed by atoms with Crippen LogP contribution in [-0.4, -0.2) is 70.0 Å². The van der Waals surface area contributed by atoms with Gasteiger partial charge in [0.1, 0.15) is 19.8 Å². The molecule has 9 nitrogen and oxygen atoms in total. The molecule has 340 valence electrons. The number of unbranched alkanes of at least 4 members (excludes halogenated alkanes) is 31. The number of hydrogen-bond acceptors (Lipinski definition) is 8. The Morgan fingerprint density at radius 1 is 0.474 bits per heavy atom. The van der Waals surface area contributed by atoms with E-state index in [1.54, 1.807) is 0 Å². The molecule has 57 heavy (non-hydrogen) atoms. The number of phosphoric ester groups is 1. The molecule has 10 heteroatoms. The normalized spacial score (nSPS) is 13.4. The number of nitrogens with zero attached hydrogens (tertiary/aromatic N) is 1. The highest BCUT2D eigenvalue weighted by Gasteiger charge is 2.21.